The van der Waals surface area contributed by atoms with E-state index in [1.54, 1.807) is 29.7 Å². The van der Waals surface area contributed by atoms with Crippen LogP contribution in [0.4, 0.5) is 0 Å². The third-order valence-electron chi connectivity index (χ3n) is 4.31. The highest BCUT2D eigenvalue weighted by Crippen LogP contribution is 2.30. The number of rotatable bonds is 2. The standard InChI is InChI=1S/C23H22N4O2/c1-2-19-20-17-27(21(19)22(24)28)16-15-25-13-9-7-5-3-4-6-8-11-18-12-10-14-26-23(18)29-20/h1,3-16,21H,2,17H2,(H2,24,28)/b5-3+,6-4+,9-7+,11-8-,16-15+,25-13-. The summed E-state index contributed by atoms with van der Waals surface area (Å²) in [6, 6.07) is 3.05. The van der Waals surface area contributed by atoms with Crippen molar-refractivity contribution in [2.24, 2.45) is 10.7 Å². The molecule has 29 heavy (non-hydrogen) atoms. The van der Waals surface area contributed by atoms with E-state index in [2.05, 4.69) is 9.98 Å². The average molecular weight is 386 g/mol. The lowest BCUT2D eigenvalue weighted by Gasteiger charge is -2.21. The van der Waals surface area contributed by atoms with Crippen molar-refractivity contribution in [2.45, 2.75) is 12.5 Å². The van der Waals surface area contributed by atoms with E-state index in [1.807, 2.05) is 60.7 Å². The molecule has 1 amide bonds. The molecule has 1 unspecified atom stereocenters. The molecule has 3 rings (SSSR count). The molecule has 2 bridgehead atoms. The van der Waals surface area contributed by atoms with E-state index in [0.29, 0.717) is 23.8 Å². The predicted octanol–water partition coefficient (Wildman–Crippen LogP) is 3.22. The van der Waals surface area contributed by atoms with Gasteiger partial charge < -0.3 is 15.4 Å². The lowest BCUT2D eigenvalue weighted by atomic mass is 10.1. The quantitative estimate of drug-likeness (QED) is 0.846. The molecule has 6 nitrogen and oxygen atoms in total. The molecule has 2 aliphatic heterocycles. The Morgan fingerprint density at radius 1 is 1.21 bits per heavy atom. The molecule has 0 saturated carbocycles. The molecule has 0 aromatic carbocycles. The number of amides is 1. The van der Waals surface area contributed by atoms with Gasteiger partial charge in [-0.2, -0.15) is 0 Å². The number of primary amides is 1. The first-order valence-electron chi connectivity index (χ1n) is 9.17. The molecular weight excluding hydrogens is 364 g/mol. The lowest BCUT2D eigenvalue weighted by Crippen LogP contribution is -2.39. The van der Waals surface area contributed by atoms with Crippen LogP contribution in [0.1, 0.15) is 12.0 Å². The van der Waals surface area contributed by atoms with Crippen molar-refractivity contribution in [2.75, 3.05) is 6.54 Å². The highest BCUT2D eigenvalue weighted by Gasteiger charge is 2.35. The number of aromatic nitrogens is 1. The van der Waals surface area contributed by atoms with E-state index in [1.165, 1.54) is 0 Å². The van der Waals surface area contributed by atoms with Crippen molar-refractivity contribution in [3.05, 3.63) is 97.1 Å². The van der Waals surface area contributed by atoms with Gasteiger partial charge in [0.05, 0.1) is 6.54 Å². The molecule has 2 radical (unpaired) electrons. The largest absolute Gasteiger partial charge is 0.441 e. The smallest absolute Gasteiger partial charge is 0.244 e. The Morgan fingerprint density at radius 3 is 2.72 bits per heavy atom. The fourth-order valence-electron chi connectivity index (χ4n) is 2.99. The summed E-state index contributed by atoms with van der Waals surface area (Å²) in [6.45, 7) is 6.26. The van der Waals surface area contributed by atoms with Gasteiger partial charge in [0.15, 0.2) is 0 Å². The Balaban J connectivity index is 2.01. The summed E-state index contributed by atoms with van der Waals surface area (Å²) in [5.41, 5.74) is 7.07. The Labute approximate surface area is 170 Å². The van der Waals surface area contributed by atoms with Crippen molar-refractivity contribution >= 4 is 18.2 Å². The summed E-state index contributed by atoms with van der Waals surface area (Å²) < 4.78 is 6.08. The van der Waals surface area contributed by atoms with E-state index in [4.69, 9.17) is 17.4 Å². The maximum absolute atomic E-state index is 12.1. The maximum atomic E-state index is 12.1. The number of nitrogens with two attached hydrogens (primary N) is 1. The van der Waals surface area contributed by atoms with Crippen LogP contribution >= 0.6 is 0 Å². The number of hydrogen-bond acceptors (Lipinski definition) is 5. The second-order valence-corrected chi connectivity index (χ2v) is 6.24. The fraction of sp³-hybridized carbons (Fsp3) is 0.130. The number of ether oxygens (including phenoxy) is 1. The normalized spacial score (nSPS) is 25.7. The summed E-state index contributed by atoms with van der Waals surface area (Å²) in [4.78, 5) is 22.3. The van der Waals surface area contributed by atoms with Crippen LogP contribution in [0.2, 0.25) is 0 Å². The first kappa shape index (κ1) is 20.1. The Bertz CT molecular complexity index is 951. The average Bonchev–Trinajstić information content (AvgIpc) is 3.06. The minimum atomic E-state index is -0.687. The minimum Gasteiger partial charge on any atom is -0.441 e. The molecule has 6 heteroatoms. The van der Waals surface area contributed by atoms with E-state index >= 15 is 0 Å². The third-order valence-corrected chi connectivity index (χ3v) is 4.31. The molecule has 0 aliphatic carbocycles. The van der Waals surface area contributed by atoms with Crippen molar-refractivity contribution in [3.63, 3.8) is 0 Å². The van der Waals surface area contributed by atoms with Crippen LogP contribution in [0.3, 0.4) is 0 Å². The molecule has 1 aromatic rings. The molecule has 0 fully saturated rings. The summed E-state index contributed by atoms with van der Waals surface area (Å²) >= 11 is 0. The number of pyridine rings is 1. The highest BCUT2D eigenvalue weighted by atomic mass is 16.5. The van der Waals surface area contributed by atoms with Gasteiger partial charge in [-0.3, -0.25) is 9.79 Å². The summed E-state index contributed by atoms with van der Waals surface area (Å²) in [5.74, 6) is 0.502. The van der Waals surface area contributed by atoms with Crippen molar-refractivity contribution in [3.8, 4) is 5.88 Å². The number of hydrogen-bond donors (Lipinski definition) is 1. The molecule has 146 valence electrons. The topological polar surface area (TPSA) is 80.8 Å². The van der Waals surface area contributed by atoms with E-state index in [9.17, 15) is 4.79 Å². The van der Waals surface area contributed by atoms with Gasteiger partial charge >= 0.3 is 0 Å². The second kappa shape index (κ2) is 10.0. The lowest BCUT2D eigenvalue weighted by molar-refractivity contribution is -0.120. The van der Waals surface area contributed by atoms with Crippen molar-refractivity contribution in [1.82, 2.24) is 9.88 Å². The Morgan fingerprint density at radius 2 is 1.97 bits per heavy atom. The molecule has 2 aliphatic rings. The molecule has 0 spiro atoms. The number of fused-ring (bicyclic) bond motifs is 3. The predicted molar refractivity (Wildman–Crippen MR) is 115 cm³/mol. The zero-order chi connectivity index (χ0) is 20.5. The Kier molecular flexibility index (Phi) is 6.95. The minimum absolute atomic E-state index is 0.145. The Hall–Kier alpha value is -3.67. The van der Waals surface area contributed by atoms with Crippen molar-refractivity contribution < 1.29 is 9.53 Å². The van der Waals surface area contributed by atoms with E-state index in [-0.39, 0.29) is 6.42 Å². The monoisotopic (exact) mass is 386 g/mol. The zero-order valence-corrected chi connectivity index (χ0v) is 15.9. The van der Waals surface area contributed by atoms with Gasteiger partial charge in [0.2, 0.25) is 11.8 Å². The molecule has 2 N–H and O–H groups in total. The van der Waals surface area contributed by atoms with Gasteiger partial charge in [-0.15, -0.1) is 0 Å². The fourth-order valence-corrected chi connectivity index (χ4v) is 2.99. The SMILES string of the molecule is [CH]CC1=C2CN(/C=C/N=C\C=C\C=C\C=C\C=C/c3cccnc3O2)C1C(N)=O. The zero-order valence-electron chi connectivity index (χ0n) is 15.9. The van der Waals surface area contributed by atoms with E-state index in [0.717, 1.165) is 5.56 Å². The van der Waals surface area contributed by atoms with Gasteiger partial charge in [0.25, 0.3) is 0 Å². The van der Waals surface area contributed by atoms with Gasteiger partial charge in [0.1, 0.15) is 11.8 Å². The van der Waals surface area contributed by atoms with Crippen LogP contribution in [-0.4, -0.2) is 34.6 Å². The maximum Gasteiger partial charge on any atom is 0.244 e. The van der Waals surface area contributed by atoms with Crippen LogP contribution < -0.4 is 10.5 Å². The number of carbonyl (C=O) groups excluding carboxylic acids is 1. The summed E-state index contributed by atoms with van der Waals surface area (Å²) in [6.07, 6.45) is 21.9. The second-order valence-electron chi connectivity index (χ2n) is 6.24. The molecule has 1 aromatic heterocycles. The molecule has 1 atom stereocenters. The number of carbonyl (C=O) groups is 1. The first-order chi connectivity index (χ1) is 14.2. The third kappa shape index (κ3) is 5.19. The first-order valence-corrected chi connectivity index (χ1v) is 9.17. The van der Waals surface area contributed by atoms with Gasteiger partial charge in [-0.05, 0) is 37.6 Å². The van der Waals surface area contributed by atoms with Crippen LogP contribution in [-0.2, 0) is 4.79 Å². The molecule has 3 heterocycles. The van der Waals surface area contributed by atoms with Gasteiger partial charge in [-0.25, -0.2) is 4.98 Å². The molecular formula is C23H22N4O2. The van der Waals surface area contributed by atoms with Crippen LogP contribution in [0.5, 0.6) is 5.88 Å². The number of allylic oxidation sites excluding steroid dienone is 7. The number of nitrogens with zero attached hydrogens (tertiary/aromatic N) is 3. The van der Waals surface area contributed by atoms with E-state index < -0.39 is 11.9 Å². The van der Waals surface area contributed by atoms with Crippen LogP contribution in [0.25, 0.3) is 6.08 Å². The van der Waals surface area contributed by atoms with Crippen LogP contribution in [0.15, 0.2) is 89.6 Å². The highest BCUT2D eigenvalue weighted by molar-refractivity contribution is 5.84. The summed E-state index contributed by atoms with van der Waals surface area (Å²) in [7, 11) is 0. The van der Waals surface area contributed by atoms with Crippen molar-refractivity contribution in [1.29, 1.82) is 0 Å². The summed E-state index contributed by atoms with van der Waals surface area (Å²) in [5, 5.41) is 0. The molecule has 0 saturated heterocycles. The van der Waals surface area contributed by atoms with Crippen LogP contribution in [0, 0.1) is 6.92 Å². The number of aliphatic imine (C=N–C) groups is 1. The van der Waals surface area contributed by atoms with Gasteiger partial charge in [-0.1, -0.05) is 36.5 Å². The van der Waals surface area contributed by atoms with Gasteiger partial charge in [0, 0.05) is 35.9 Å².